The van der Waals surface area contributed by atoms with Gasteiger partial charge in [0.1, 0.15) is 0 Å². The van der Waals surface area contributed by atoms with Gasteiger partial charge in [-0.05, 0) is 39.8 Å². The molecule has 1 aliphatic rings. The Morgan fingerprint density at radius 1 is 1.57 bits per heavy atom. The molecule has 0 aliphatic heterocycles. The highest BCUT2D eigenvalue weighted by Crippen LogP contribution is 2.35. The van der Waals surface area contributed by atoms with E-state index < -0.39 is 0 Å². The van der Waals surface area contributed by atoms with Crippen LogP contribution in [0.25, 0.3) is 0 Å². The molecule has 6 heteroatoms. The third-order valence-corrected chi connectivity index (χ3v) is 5.17. The molecule has 2 amide bonds. The van der Waals surface area contributed by atoms with Crippen LogP contribution < -0.4 is 10.6 Å². The highest BCUT2D eigenvalue weighted by molar-refractivity contribution is 5.74. The SMILES string of the molecule is C[C@@H]1CCC[C@](CNC(=O)N[C@H](C)c2cnn(C)c2)(N(C)C)C1. The number of hydrogen-bond acceptors (Lipinski definition) is 3. The average molecular weight is 321 g/mol. The Morgan fingerprint density at radius 2 is 2.30 bits per heavy atom. The Kier molecular flexibility index (Phi) is 5.68. The maximum atomic E-state index is 12.3. The van der Waals surface area contributed by atoms with E-state index in [1.54, 1.807) is 10.9 Å². The monoisotopic (exact) mass is 321 g/mol. The molecule has 0 aromatic carbocycles. The molecule has 0 saturated heterocycles. The normalized spacial score (nSPS) is 26.1. The van der Waals surface area contributed by atoms with Gasteiger partial charge < -0.3 is 15.5 Å². The summed E-state index contributed by atoms with van der Waals surface area (Å²) >= 11 is 0. The zero-order valence-corrected chi connectivity index (χ0v) is 15.1. The van der Waals surface area contributed by atoms with Gasteiger partial charge in [0.2, 0.25) is 0 Å². The number of amides is 2. The number of aryl methyl sites for hydroxylation is 1. The first-order valence-corrected chi connectivity index (χ1v) is 8.53. The lowest BCUT2D eigenvalue weighted by Crippen LogP contribution is -2.56. The van der Waals surface area contributed by atoms with E-state index in [0.717, 1.165) is 18.4 Å². The molecular formula is C17H31N5O. The van der Waals surface area contributed by atoms with E-state index >= 15 is 0 Å². The average Bonchev–Trinajstić information content (AvgIpc) is 2.92. The van der Waals surface area contributed by atoms with Crippen molar-refractivity contribution in [1.29, 1.82) is 0 Å². The lowest BCUT2D eigenvalue weighted by Gasteiger charge is -2.45. The van der Waals surface area contributed by atoms with Crippen LogP contribution in [-0.2, 0) is 7.05 Å². The number of hydrogen-bond donors (Lipinski definition) is 2. The van der Waals surface area contributed by atoms with Gasteiger partial charge in [-0.1, -0.05) is 19.8 Å². The van der Waals surface area contributed by atoms with Crippen molar-refractivity contribution in [2.45, 2.75) is 51.1 Å². The van der Waals surface area contributed by atoms with Crippen LogP contribution in [0.2, 0.25) is 0 Å². The fourth-order valence-electron chi connectivity index (χ4n) is 3.60. The largest absolute Gasteiger partial charge is 0.336 e. The molecule has 2 N–H and O–H groups in total. The second-order valence-electron chi connectivity index (χ2n) is 7.32. The van der Waals surface area contributed by atoms with Crippen molar-refractivity contribution in [3.8, 4) is 0 Å². The van der Waals surface area contributed by atoms with Crippen LogP contribution in [0.1, 0.15) is 51.1 Å². The van der Waals surface area contributed by atoms with Gasteiger partial charge in [0.25, 0.3) is 0 Å². The Morgan fingerprint density at radius 3 is 2.87 bits per heavy atom. The molecule has 1 aromatic heterocycles. The summed E-state index contributed by atoms with van der Waals surface area (Å²) in [6.07, 6.45) is 8.51. The van der Waals surface area contributed by atoms with Crippen LogP contribution >= 0.6 is 0 Å². The molecule has 0 unspecified atom stereocenters. The molecule has 6 nitrogen and oxygen atoms in total. The lowest BCUT2D eigenvalue weighted by atomic mass is 9.75. The number of carbonyl (C=O) groups excluding carboxylic acids is 1. The first-order valence-electron chi connectivity index (χ1n) is 8.53. The Labute approximate surface area is 139 Å². The zero-order valence-electron chi connectivity index (χ0n) is 15.1. The second-order valence-corrected chi connectivity index (χ2v) is 7.32. The van der Waals surface area contributed by atoms with Crippen LogP contribution in [0.15, 0.2) is 12.4 Å². The minimum absolute atomic E-state index is 0.0516. The van der Waals surface area contributed by atoms with Crippen molar-refractivity contribution in [2.75, 3.05) is 20.6 Å². The Balaban J connectivity index is 1.89. The molecule has 0 radical (unpaired) electrons. The van der Waals surface area contributed by atoms with Crippen molar-refractivity contribution in [2.24, 2.45) is 13.0 Å². The van der Waals surface area contributed by atoms with Crippen molar-refractivity contribution in [1.82, 2.24) is 25.3 Å². The number of nitrogens with one attached hydrogen (secondary N) is 2. The summed E-state index contributed by atoms with van der Waals surface area (Å²) in [7, 11) is 6.12. The van der Waals surface area contributed by atoms with Gasteiger partial charge in [-0.15, -0.1) is 0 Å². The molecule has 0 bridgehead atoms. The van der Waals surface area contributed by atoms with Gasteiger partial charge in [0.15, 0.2) is 0 Å². The first kappa shape index (κ1) is 17.8. The predicted octanol–water partition coefficient (Wildman–Crippen LogP) is 2.29. The maximum absolute atomic E-state index is 12.3. The number of carbonyl (C=O) groups is 1. The summed E-state index contributed by atoms with van der Waals surface area (Å²) < 4.78 is 1.75. The molecule has 130 valence electrons. The molecule has 1 aliphatic carbocycles. The molecule has 1 fully saturated rings. The predicted molar refractivity (Wildman–Crippen MR) is 92.2 cm³/mol. The minimum Gasteiger partial charge on any atom is -0.336 e. The fraction of sp³-hybridized carbons (Fsp3) is 0.765. The van der Waals surface area contributed by atoms with Crippen LogP contribution in [-0.4, -0.2) is 46.9 Å². The molecule has 3 atom stereocenters. The van der Waals surface area contributed by atoms with Gasteiger partial charge >= 0.3 is 6.03 Å². The van der Waals surface area contributed by atoms with Crippen molar-refractivity contribution >= 4 is 6.03 Å². The first-order chi connectivity index (χ1) is 10.8. The molecule has 1 aromatic rings. The van der Waals surface area contributed by atoms with E-state index in [9.17, 15) is 4.79 Å². The topological polar surface area (TPSA) is 62.2 Å². The second kappa shape index (κ2) is 7.34. The highest BCUT2D eigenvalue weighted by atomic mass is 16.2. The van der Waals surface area contributed by atoms with E-state index in [0.29, 0.717) is 12.5 Å². The third kappa shape index (κ3) is 4.47. The summed E-state index contributed by atoms with van der Waals surface area (Å²) in [5, 5.41) is 10.2. The third-order valence-electron chi connectivity index (χ3n) is 5.17. The molecule has 23 heavy (non-hydrogen) atoms. The zero-order chi connectivity index (χ0) is 17.0. The van der Waals surface area contributed by atoms with Crippen LogP contribution in [0.5, 0.6) is 0 Å². The van der Waals surface area contributed by atoms with E-state index in [2.05, 4.69) is 41.7 Å². The quantitative estimate of drug-likeness (QED) is 0.875. The van der Waals surface area contributed by atoms with E-state index in [-0.39, 0.29) is 17.6 Å². The van der Waals surface area contributed by atoms with Crippen LogP contribution in [0.4, 0.5) is 4.79 Å². The maximum Gasteiger partial charge on any atom is 0.315 e. The lowest BCUT2D eigenvalue weighted by molar-refractivity contribution is 0.0772. The summed E-state index contributed by atoms with van der Waals surface area (Å²) in [4.78, 5) is 14.5. The van der Waals surface area contributed by atoms with E-state index in [4.69, 9.17) is 0 Å². The minimum atomic E-state index is -0.110. The summed E-state index contributed by atoms with van der Waals surface area (Å²) in [6.45, 7) is 4.97. The number of nitrogens with zero attached hydrogens (tertiary/aromatic N) is 3. The van der Waals surface area contributed by atoms with Gasteiger partial charge in [-0.3, -0.25) is 4.68 Å². The fourth-order valence-corrected chi connectivity index (χ4v) is 3.60. The van der Waals surface area contributed by atoms with Gasteiger partial charge in [0.05, 0.1) is 12.2 Å². The summed E-state index contributed by atoms with van der Waals surface area (Å²) in [5.74, 6) is 0.713. The molecule has 0 spiro atoms. The van der Waals surface area contributed by atoms with Gasteiger partial charge in [-0.25, -0.2) is 4.79 Å². The van der Waals surface area contributed by atoms with Crippen LogP contribution in [0, 0.1) is 5.92 Å². The van der Waals surface area contributed by atoms with Crippen molar-refractivity contribution < 1.29 is 4.79 Å². The Hall–Kier alpha value is -1.56. The number of likely N-dealkylation sites (N-methyl/N-ethyl adjacent to an activating group) is 1. The van der Waals surface area contributed by atoms with Gasteiger partial charge in [-0.2, -0.15) is 5.10 Å². The van der Waals surface area contributed by atoms with Crippen LogP contribution in [0.3, 0.4) is 0 Å². The standard InChI is InChI=1S/C17H31N5O/c1-13-7-6-8-17(9-13,21(3)4)12-18-16(23)20-14(2)15-10-19-22(5)11-15/h10-11,13-14H,6-9,12H2,1-5H3,(H2,18,20,23)/t13-,14-,17+/m1/s1. The molecular weight excluding hydrogens is 290 g/mol. The van der Waals surface area contributed by atoms with Crippen molar-refractivity contribution in [3.05, 3.63) is 18.0 Å². The van der Waals surface area contributed by atoms with E-state index in [1.165, 1.54) is 12.8 Å². The molecule has 2 rings (SSSR count). The number of urea groups is 1. The number of aromatic nitrogens is 2. The van der Waals surface area contributed by atoms with E-state index in [1.807, 2.05) is 20.2 Å². The van der Waals surface area contributed by atoms with Gasteiger partial charge in [0, 0.05) is 30.9 Å². The molecule has 1 saturated carbocycles. The summed E-state index contributed by atoms with van der Waals surface area (Å²) in [5.41, 5.74) is 1.09. The Bertz CT molecular complexity index is 527. The molecule has 1 heterocycles. The van der Waals surface area contributed by atoms with Crippen molar-refractivity contribution in [3.63, 3.8) is 0 Å². The smallest absolute Gasteiger partial charge is 0.315 e. The number of rotatable bonds is 5. The highest BCUT2D eigenvalue weighted by Gasteiger charge is 2.37. The summed E-state index contributed by atoms with van der Waals surface area (Å²) in [6, 6.07) is -0.162.